The van der Waals surface area contributed by atoms with Crippen LogP contribution in [0.5, 0.6) is 11.5 Å². The summed E-state index contributed by atoms with van der Waals surface area (Å²) in [6.07, 6.45) is 0. The third kappa shape index (κ3) is 1.46. The Bertz CT molecular complexity index is 462. The number of hydrogen-bond donors (Lipinski definition) is 0. The number of fused-ring (bicyclic) bond motifs is 2. The first-order valence-corrected chi connectivity index (χ1v) is 10.1. The van der Waals surface area contributed by atoms with Crippen molar-refractivity contribution in [3.05, 3.63) is 48.5 Å². The molecule has 0 bridgehead atoms. The molecule has 0 spiro atoms. The SMILES string of the molecule is [CH3][Sb]1[c]2ccccc2Oc2cccc[c]21. The summed E-state index contributed by atoms with van der Waals surface area (Å²) >= 11 is -1.47. The summed E-state index contributed by atoms with van der Waals surface area (Å²) in [6, 6.07) is 16.9. The summed E-state index contributed by atoms with van der Waals surface area (Å²) in [5.41, 5.74) is 0. The maximum absolute atomic E-state index is 5.89. The summed E-state index contributed by atoms with van der Waals surface area (Å²) in [4.78, 5) is 2.41. The Morgan fingerprint density at radius 1 is 0.800 bits per heavy atom. The molecule has 0 saturated heterocycles. The van der Waals surface area contributed by atoms with Crippen LogP contribution in [0.4, 0.5) is 0 Å². The minimum absolute atomic E-state index is 1.07. The zero-order valence-corrected chi connectivity index (χ0v) is 11.0. The molecule has 0 amide bonds. The van der Waals surface area contributed by atoms with Crippen molar-refractivity contribution in [3.63, 3.8) is 0 Å². The van der Waals surface area contributed by atoms with Crippen LogP contribution in [0.15, 0.2) is 48.5 Å². The summed E-state index contributed by atoms with van der Waals surface area (Å²) in [7, 11) is 0. The second-order valence-corrected chi connectivity index (χ2v) is 9.54. The van der Waals surface area contributed by atoms with E-state index in [-0.39, 0.29) is 0 Å². The molecule has 0 radical (unpaired) electrons. The number of ether oxygens (including phenoxy) is 1. The van der Waals surface area contributed by atoms with Gasteiger partial charge in [0.15, 0.2) is 0 Å². The monoisotopic (exact) mass is 304 g/mol. The molecule has 0 aliphatic carbocycles. The van der Waals surface area contributed by atoms with Gasteiger partial charge in [-0.2, -0.15) is 0 Å². The van der Waals surface area contributed by atoms with Crippen LogP contribution in [-0.2, 0) is 0 Å². The zero-order chi connectivity index (χ0) is 10.3. The Hall–Kier alpha value is -0.942. The van der Waals surface area contributed by atoms with Crippen LogP contribution in [0, 0.1) is 0 Å². The van der Waals surface area contributed by atoms with Crippen molar-refractivity contribution in [1.82, 2.24) is 0 Å². The van der Waals surface area contributed by atoms with Crippen LogP contribution in [0.3, 0.4) is 0 Å². The first-order valence-electron chi connectivity index (χ1n) is 4.96. The molecular weight excluding hydrogens is 294 g/mol. The Kier molecular flexibility index (Phi) is 2.21. The Morgan fingerprint density at radius 2 is 1.27 bits per heavy atom. The van der Waals surface area contributed by atoms with Gasteiger partial charge in [0.2, 0.25) is 0 Å². The molecule has 2 aromatic carbocycles. The molecular formula is C13H11OSb. The Labute approximate surface area is 96.7 Å². The van der Waals surface area contributed by atoms with Crippen molar-refractivity contribution in [2.45, 2.75) is 4.87 Å². The van der Waals surface area contributed by atoms with E-state index in [0.29, 0.717) is 0 Å². The third-order valence-electron chi connectivity index (χ3n) is 2.67. The molecule has 0 atom stereocenters. The van der Waals surface area contributed by atoms with Crippen molar-refractivity contribution in [2.24, 2.45) is 0 Å². The molecule has 74 valence electrons. The van der Waals surface area contributed by atoms with Crippen molar-refractivity contribution in [1.29, 1.82) is 0 Å². The summed E-state index contributed by atoms with van der Waals surface area (Å²) < 4.78 is 8.81. The van der Waals surface area contributed by atoms with Gasteiger partial charge >= 0.3 is 96.9 Å². The molecule has 2 aromatic rings. The van der Waals surface area contributed by atoms with E-state index in [9.17, 15) is 0 Å². The zero-order valence-electron chi connectivity index (χ0n) is 8.47. The van der Waals surface area contributed by atoms with Gasteiger partial charge in [-0.1, -0.05) is 0 Å². The predicted octanol–water partition coefficient (Wildman–Crippen LogP) is 2.03. The Balaban J connectivity index is 2.20. The molecule has 0 N–H and O–H groups in total. The van der Waals surface area contributed by atoms with E-state index in [1.165, 1.54) is 7.02 Å². The number of para-hydroxylation sites is 2. The van der Waals surface area contributed by atoms with E-state index in [1.807, 2.05) is 12.1 Å². The van der Waals surface area contributed by atoms with Crippen molar-refractivity contribution in [3.8, 4) is 11.5 Å². The van der Waals surface area contributed by atoms with E-state index in [4.69, 9.17) is 4.74 Å². The van der Waals surface area contributed by atoms with Crippen LogP contribution in [0.2, 0.25) is 4.87 Å². The van der Waals surface area contributed by atoms with Gasteiger partial charge in [0, 0.05) is 0 Å². The molecule has 3 rings (SSSR count). The first-order chi connectivity index (χ1) is 7.36. The predicted molar refractivity (Wildman–Crippen MR) is 63.8 cm³/mol. The van der Waals surface area contributed by atoms with E-state index in [0.717, 1.165) is 11.5 Å². The summed E-state index contributed by atoms with van der Waals surface area (Å²) in [5.74, 6) is 2.14. The van der Waals surface area contributed by atoms with Gasteiger partial charge < -0.3 is 0 Å². The van der Waals surface area contributed by atoms with E-state index < -0.39 is 20.2 Å². The van der Waals surface area contributed by atoms with Crippen LogP contribution >= 0.6 is 0 Å². The molecule has 0 unspecified atom stereocenters. The second-order valence-electron chi connectivity index (χ2n) is 3.60. The van der Waals surface area contributed by atoms with Crippen molar-refractivity contribution < 1.29 is 4.74 Å². The van der Waals surface area contributed by atoms with Gasteiger partial charge in [-0.05, 0) is 0 Å². The molecule has 1 aliphatic heterocycles. The topological polar surface area (TPSA) is 9.23 Å². The molecule has 2 heteroatoms. The van der Waals surface area contributed by atoms with Crippen LogP contribution in [0.1, 0.15) is 0 Å². The molecule has 0 aromatic heterocycles. The molecule has 1 aliphatic rings. The first kappa shape index (κ1) is 9.30. The van der Waals surface area contributed by atoms with Gasteiger partial charge in [-0.25, -0.2) is 0 Å². The van der Waals surface area contributed by atoms with Crippen LogP contribution in [0.25, 0.3) is 0 Å². The quantitative estimate of drug-likeness (QED) is 0.677. The molecule has 1 heterocycles. The van der Waals surface area contributed by atoms with Gasteiger partial charge in [0.1, 0.15) is 0 Å². The molecule has 0 saturated carbocycles. The van der Waals surface area contributed by atoms with Crippen molar-refractivity contribution >= 4 is 27.2 Å². The van der Waals surface area contributed by atoms with E-state index in [2.05, 4.69) is 41.3 Å². The summed E-state index contributed by atoms with van der Waals surface area (Å²) in [5, 5.41) is 0. The maximum atomic E-state index is 5.89. The number of hydrogen-bond acceptors (Lipinski definition) is 1. The van der Waals surface area contributed by atoms with Crippen LogP contribution in [-0.4, -0.2) is 20.2 Å². The van der Waals surface area contributed by atoms with Crippen molar-refractivity contribution in [2.75, 3.05) is 0 Å². The molecule has 15 heavy (non-hydrogen) atoms. The minimum atomic E-state index is -1.47. The van der Waals surface area contributed by atoms with Gasteiger partial charge in [0.05, 0.1) is 0 Å². The standard InChI is InChI=1S/C12H8O.CH3.Sb/c1-3-7-11(8-4-1)13-12-9-5-2-6-10-12;;/h1-7,9H;1H3;. The fourth-order valence-corrected chi connectivity index (χ4v) is 6.97. The van der Waals surface area contributed by atoms with Crippen LogP contribution < -0.4 is 11.8 Å². The average Bonchev–Trinajstić information content (AvgIpc) is 2.30. The normalized spacial score (nSPS) is 13.9. The van der Waals surface area contributed by atoms with Gasteiger partial charge in [-0.15, -0.1) is 0 Å². The average molecular weight is 305 g/mol. The van der Waals surface area contributed by atoms with Gasteiger partial charge in [-0.3, -0.25) is 0 Å². The van der Waals surface area contributed by atoms with Gasteiger partial charge in [0.25, 0.3) is 0 Å². The summed E-state index contributed by atoms with van der Waals surface area (Å²) in [6.45, 7) is 0. The number of benzene rings is 2. The fraction of sp³-hybridized carbons (Fsp3) is 0.0769. The fourth-order valence-electron chi connectivity index (χ4n) is 1.89. The Morgan fingerprint density at radius 3 is 1.80 bits per heavy atom. The molecule has 0 fully saturated rings. The van der Waals surface area contributed by atoms with E-state index >= 15 is 0 Å². The number of rotatable bonds is 0. The third-order valence-corrected chi connectivity index (χ3v) is 8.91. The molecule has 1 nitrogen and oxygen atoms in total. The van der Waals surface area contributed by atoms with E-state index in [1.54, 1.807) is 0 Å². The second kappa shape index (κ2) is 3.57.